The minimum absolute atomic E-state index is 0.270. The fraction of sp³-hybridized carbons (Fsp3) is 0.188. The van der Waals surface area contributed by atoms with Crippen LogP contribution in [0.1, 0.15) is 16.3 Å². The molecule has 0 aliphatic heterocycles. The van der Waals surface area contributed by atoms with Crippen LogP contribution in [0, 0.1) is 6.92 Å². The molecule has 22 heavy (non-hydrogen) atoms. The number of nitrogens with zero attached hydrogens (tertiary/aromatic N) is 2. The summed E-state index contributed by atoms with van der Waals surface area (Å²) in [6.07, 6.45) is 1.61. The largest absolute Gasteiger partial charge is 0.495 e. The highest BCUT2D eigenvalue weighted by molar-refractivity contribution is 5.93. The molecule has 0 spiro atoms. The van der Waals surface area contributed by atoms with Gasteiger partial charge in [-0.15, -0.1) is 6.58 Å². The maximum atomic E-state index is 12.0. The predicted molar refractivity (Wildman–Crippen MR) is 85.6 cm³/mol. The average Bonchev–Trinajstić information content (AvgIpc) is 2.52. The third-order valence-electron chi connectivity index (χ3n) is 2.85. The van der Waals surface area contributed by atoms with Crippen LogP contribution >= 0.6 is 0 Å². The van der Waals surface area contributed by atoms with Crippen molar-refractivity contribution >= 4 is 17.4 Å². The summed E-state index contributed by atoms with van der Waals surface area (Å²) < 4.78 is 5.28. The average molecular weight is 298 g/mol. The molecule has 0 unspecified atom stereocenters. The molecule has 0 saturated heterocycles. The Hall–Kier alpha value is -2.89. The first-order valence-corrected chi connectivity index (χ1v) is 6.79. The molecular weight excluding hydrogens is 280 g/mol. The van der Waals surface area contributed by atoms with Crippen molar-refractivity contribution in [3.8, 4) is 5.75 Å². The van der Waals surface area contributed by atoms with E-state index in [-0.39, 0.29) is 5.91 Å². The molecule has 0 aliphatic rings. The number of aromatic nitrogens is 2. The number of amides is 1. The van der Waals surface area contributed by atoms with Gasteiger partial charge in [-0.2, -0.15) is 0 Å². The molecule has 0 radical (unpaired) electrons. The lowest BCUT2D eigenvalue weighted by atomic mass is 10.3. The molecule has 2 N–H and O–H groups in total. The fourth-order valence-electron chi connectivity index (χ4n) is 1.89. The van der Waals surface area contributed by atoms with Gasteiger partial charge in [0.1, 0.15) is 23.1 Å². The van der Waals surface area contributed by atoms with E-state index < -0.39 is 0 Å². The Labute approximate surface area is 129 Å². The lowest BCUT2D eigenvalue weighted by molar-refractivity contribution is 0.0952. The molecule has 6 nitrogen and oxygen atoms in total. The number of aryl methyl sites for hydroxylation is 1. The molecular formula is C16H18N4O2. The van der Waals surface area contributed by atoms with Gasteiger partial charge in [-0.1, -0.05) is 18.2 Å². The third-order valence-corrected chi connectivity index (χ3v) is 2.85. The van der Waals surface area contributed by atoms with Crippen LogP contribution in [0.4, 0.5) is 11.5 Å². The maximum absolute atomic E-state index is 12.0. The quantitative estimate of drug-likeness (QED) is 0.801. The molecule has 1 aromatic heterocycles. The van der Waals surface area contributed by atoms with Crippen LogP contribution in [0.2, 0.25) is 0 Å². The van der Waals surface area contributed by atoms with Crippen molar-refractivity contribution in [3.05, 3.63) is 54.5 Å². The highest BCUT2D eigenvalue weighted by atomic mass is 16.5. The van der Waals surface area contributed by atoms with Gasteiger partial charge in [-0.05, 0) is 19.1 Å². The van der Waals surface area contributed by atoms with Crippen molar-refractivity contribution in [1.29, 1.82) is 0 Å². The lowest BCUT2D eigenvalue weighted by Gasteiger charge is -2.11. The lowest BCUT2D eigenvalue weighted by Crippen LogP contribution is -2.24. The first-order valence-electron chi connectivity index (χ1n) is 6.79. The normalized spacial score (nSPS) is 9.91. The number of hydrogen-bond donors (Lipinski definition) is 2. The molecule has 0 fully saturated rings. The number of benzene rings is 1. The van der Waals surface area contributed by atoms with Crippen LogP contribution in [0.15, 0.2) is 43.0 Å². The van der Waals surface area contributed by atoms with Crippen LogP contribution < -0.4 is 15.4 Å². The SMILES string of the molecule is C=CCNC(=O)c1cc(Nc2ccccc2OC)nc(C)n1. The van der Waals surface area contributed by atoms with Crippen LogP contribution in [-0.2, 0) is 0 Å². The Balaban J connectivity index is 2.26. The first kappa shape index (κ1) is 15.5. The summed E-state index contributed by atoms with van der Waals surface area (Å²) in [6, 6.07) is 9.07. The molecule has 0 atom stereocenters. The second kappa shape index (κ2) is 7.21. The first-order chi connectivity index (χ1) is 10.6. The van der Waals surface area contributed by atoms with Gasteiger partial charge in [0.2, 0.25) is 0 Å². The monoisotopic (exact) mass is 298 g/mol. The molecule has 0 saturated carbocycles. The van der Waals surface area contributed by atoms with Crippen LogP contribution in [0.5, 0.6) is 5.75 Å². The topological polar surface area (TPSA) is 76.1 Å². The smallest absolute Gasteiger partial charge is 0.270 e. The predicted octanol–water partition coefficient (Wildman–Crippen LogP) is 2.45. The number of rotatable bonds is 6. The standard InChI is InChI=1S/C16H18N4O2/c1-4-9-17-16(21)13-10-15(19-11(2)18-13)20-12-7-5-6-8-14(12)22-3/h4-8,10H,1,9H2,2-3H3,(H,17,21)(H,18,19,20). The summed E-state index contributed by atoms with van der Waals surface area (Å²) in [5.74, 6) is 1.45. The zero-order valence-corrected chi connectivity index (χ0v) is 12.6. The summed E-state index contributed by atoms with van der Waals surface area (Å²) in [5.41, 5.74) is 1.06. The molecule has 2 rings (SSSR count). The van der Waals surface area contributed by atoms with Crippen molar-refractivity contribution in [1.82, 2.24) is 15.3 Å². The zero-order chi connectivity index (χ0) is 15.9. The van der Waals surface area contributed by atoms with Gasteiger partial charge in [0, 0.05) is 12.6 Å². The number of hydrogen-bond acceptors (Lipinski definition) is 5. The van der Waals surface area contributed by atoms with Gasteiger partial charge in [-0.3, -0.25) is 4.79 Å². The maximum Gasteiger partial charge on any atom is 0.270 e. The Morgan fingerprint density at radius 3 is 2.86 bits per heavy atom. The Kier molecular flexibility index (Phi) is 5.08. The molecule has 1 heterocycles. The van der Waals surface area contributed by atoms with Gasteiger partial charge in [-0.25, -0.2) is 9.97 Å². The highest BCUT2D eigenvalue weighted by Gasteiger charge is 2.11. The summed E-state index contributed by atoms with van der Waals surface area (Å²) in [4.78, 5) is 20.4. The third kappa shape index (κ3) is 3.82. The molecule has 1 aromatic carbocycles. The van der Waals surface area contributed by atoms with E-state index in [0.717, 1.165) is 5.69 Å². The van der Waals surface area contributed by atoms with Crippen molar-refractivity contribution < 1.29 is 9.53 Å². The second-order valence-electron chi connectivity index (χ2n) is 4.51. The summed E-state index contributed by atoms with van der Waals surface area (Å²) in [6.45, 7) is 5.68. The molecule has 6 heteroatoms. The van der Waals surface area contributed by atoms with E-state index in [0.29, 0.717) is 29.6 Å². The molecule has 2 aromatic rings. The second-order valence-corrected chi connectivity index (χ2v) is 4.51. The number of ether oxygens (including phenoxy) is 1. The number of nitrogens with one attached hydrogen (secondary N) is 2. The number of carbonyl (C=O) groups is 1. The Morgan fingerprint density at radius 1 is 1.36 bits per heavy atom. The van der Waals surface area contributed by atoms with Crippen LogP contribution in [0.3, 0.4) is 0 Å². The van der Waals surface area contributed by atoms with E-state index in [1.165, 1.54) is 0 Å². The van der Waals surface area contributed by atoms with Gasteiger partial charge in [0.15, 0.2) is 0 Å². The van der Waals surface area contributed by atoms with Gasteiger partial charge in [0.05, 0.1) is 12.8 Å². The van der Waals surface area contributed by atoms with E-state index in [1.54, 1.807) is 26.2 Å². The Bertz CT molecular complexity index is 686. The molecule has 1 amide bonds. The summed E-state index contributed by atoms with van der Waals surface area (Å²) >= 11 is 0. The van der Waals surface area contributed by atoms with Crippen molar-refractivity contribution in [2.45, 2.75) is 6.92 Å². The summed E-state index contributed by atoms with van der Waals surface area (Å²) in [5, 5.41) is 5.83. The van der Waals surface area contributed by atoms with Gasteiger partial charge >= 0.3 is 0 Å². The van der Waals surface area contributed by atoms with Crippen molar-refractivity contribution in [3.63, 3.8) is 0 Å². The Morgan fingerprint density at radius 2 is 2.14 bits per heavy atom. The van der Waals surface area contributed by atoms with E-state index >= 15 is 0 Å². The molecule has 114 valence electrons. The van der Waals surface area contributed by atoms with E-state index in [9.17, 15) is 4.79 Å². The number of carbonyl (C=O) groups excluding carboxylic acids is 1. The van der Waals surface area contributed by atoms with Crippen molar-refractivity contribution in [2.24, 2.45) is 0 Å². The summed E-state index contributed by atoms with van der Waals surface area (Å²) in [7, 11) is 1.60. The molecule has 0 aliphatic carbocycles. The number of methoxy groups -OCH3 is 1. The van der Waals surface area contributed by atoms with Crippen LogP contribution in [-0.4, -0.2) is 29.5 Å². The minimum Gasteiger partial charge on any atom is -0.495 e. The van der Waals surface area contributed by atoms with E-state index in [2.05, 4.69) is 27.2 Å². The number of anilines is 2. The van der Waals surface area contributed by atoms with Gasteiger partial charge in [0.25, 0.3) is 5.91 Å². The fourth-order valence-corrected chi connectivity index (χ4v) is 1.89. The van der Waals surface area contributed by atoms with Crippen molar-refractivity contribution in [2.75, 3.05) is 19.0 Å². The van der Waals surface area contributed by atoms with Gasteiger partial charge < -0.3 is 15.4 Å². The van der Waals surface area contributed by atoms with E-state index in [1.807, 2.05) is 24.3 Å². The zero-order valence-electron chi connectivity index (χ0n) is 12.6. The van der Waals surface area contributed by atoms with E-state index in [4.69, 9.17) is 4.74 Å². The van der Waals surface area contributed by atoms with Crippen LogP contribution in [0.25, 0.3) is 0 Å². The highest BCUT2D eigenvalue weighted by Crippen LogP contribution is 2.26. The minimum atomic E-state index is -0.270. The molecule has 0 bridgehead atoms. The number of para-hydroxylation sites is 2.